The van der Waals surface area contributed by atoms with Crippen LogP contribution < -0.4 is 14.2 Å². The molecule has 0 spiro atoms. The van der Waals surface area contributed by atoms with Gasteiger partial charge in [-0.1, -0.05) is 41.9 Å². The van der Waals surface area contributed by atoms with Crippen LogP contribution in [-0.4, -0.2) is 65.8 Å². The number of nitrogens with zero attached hydrogens (tertiary/aromatic N) is 2. The molecule has 258 valence electrons. The lowest BCUT2D eigenvalue weighted by molar-refractivity contribution is -0.143. The Balaban J connectivity index is 1.15. The van der Waals surface area contributed by atoms with E-state index in [1.807, 2.05) is 19.1 Å². The average molecular weight is 675 g/mol. The second kappa shape index (κ2) is 15.5. The van der Waals surface area contributed by atoms with E-state index in [9.17, 15) is 9.90 Å². The quantitative estimate of drug-likeness (QED) is 0.182. The van der Waals surface area contributed by atoms with Gasteiger partial charge in [-0.2, -0.15) is 0 Å². The summed E-state index contributed by atoms with van der Waals surface area (Å²) in [6.45, 7) is 13.1. The van der Waals surface area contributed by atoms with Gasteiger partial charge in [0.1, 0.15) is 23.4 Å². The molecule has 7 nitrogen and oxygen atoms in total. The summed E-state index contributed by atoms with van der Waals surface area (Å²) in [5.41, 5.74) is 7.07. The van der Waals surface area contributed by atoms with Crippen LogP contribution in [0.2, 0.25) is 5.02 Å². The number of piperidine rings is 1. The smallest absolute Gasteiger partial charge is 0.307 e. The Bertz CT molecular complexity index is 1580. The van der Waals surface area contributed by atoms with E-state index in [0.717, 1.165) is 62.3 Å². The zero-order chi connectivity index (χ0) is 33.8. The fourth-order valence-corrected chi connectivity index (χ4v) is 8.28. The molecular weight excluding hydrogens is 624 g/mol. The predicted octanol–water partition coefficient (Wildman–Crippen LogP) is 8.72. The van der Waals surface area contributed by atoms with Gasteiger partial charge < -0.3 is 19.3 Å². The lowest BCUT2D eigenvalue weighted by Gasteiger charge is -2.31. The summed E-state index contributed by atoms with van der Waals surface area (Å²) in [5, 5.41) is 10.1. The van der Waals surface area contributed by atoms with Gasteiger partial charge in [-0.3, -0.25) is 14.6 Å². The number of hydrogen-bond acceptors (Lipinski definition) is 6. The molecule has 2 fully saturated rings. The molecule has 2 heterocycles. The van der Waals surface area contributed by atoms with Gasteiger partial charge in [-0.05, 0) is 119 Å². The van der Waals surface area contributed by atoms with E-state index in [4.69, 9.17) is 25.8 Å². The molecule has 2 saturated heterocycles. The van der Waals surface area contributed by atoms with E-state index < -0.39 is 5.97 Å². The Labute approximate surface area is 291 Å². The number of hydrogen-bond donors (Lipinski definition) is 1. The van der Waals surface area contributed by atoms with Crippen LogP contribution in [0.1, 0.15) is 87.7 Å². The molecular formula is C40H51ClN2O5. The molecule has 0 aromatic heterocycles. The fraction of sp³-hybridized carbons (Fsp3) is 0.525. The Morgan fingerprint density at radius 1 is 0.958 bits per heavy atom. The first-order chi connectivity index (χ1) is 23.2. The number of fused-ring (bicyclic) bond motifs is 1. The molecule has 2 aliphatic heterocycles. The highest BCUT2D eigenvalue weighted by molar-refractivity contribution is 6.32. The van der Waals surface area contributed by atoms with Gasteiger partial charge in [0.2, 0.25) is 0 Å². The van der Waals surface area contributed by atoms with Crippen molar-refractivity contribution in [3.05, 3.63) is 75.8 Å². The minimum absolute atomic E-state index is 0.119. The fourth-order valence-electron chi connectivity index (χ4n) is 8.05. The van der Waals surface area contributed by atoms with Crippen LogP contribution in [0.5, 0.6) is 17.2 Å². The topological polar surface area (TPSA) is 71.5 Å². The van der Waals surface area contributed by atoms with Crippen LogP contribution in [0.3, 0.4) is 0 Å². The maximum absolute atomic E-state index is 11.6. The van der Waals surface area contributed by atoms with Crippen molar-refractivity contribution in [2.24, 2.45) is 5.92 Å². The summed E-state index contributed by atoms with van der Waals surface area (Å²) < 4.78 is 19.1. The van der Waals surface area contributed by atoms with Gasteiger partial charge in [0.05, 0.1) is 24.2 Å². The van der Waals surface area contributed by atoms with E-state index in [1.54, 1.807) is 0 Å². The third-order valence-electron chi connectivity index (χ3n) is 10.7. The second-order valence-electron chi connectivity index (χ2n) is 13.9. The predicted molar refractivity (Wildman–Crippen MR) is 192 cm³/mol. The maximum atomic E-state index is 11.6. The summed E-state index contributed by atoms with van der Waals surface area (Å²) in [4.78, 5) is 16.4. The van der Waals surface area contributed by atoms with Gasteiger partial charge in [0, 0.05) is 43.3 Å². The van der Waals surface area contributed by atoms with Crippen LogP contribution in [0.15, 0.2) is 48.5 Å². The standard InChI is InChI=1S/C40H51ClN2O5/c1-5-46-38-23-39(35(41)22-30(38)25-42-19-8-10-29(24-42)40(44)45)48-37-18-17-33-32(12-6-13-34(33)37)31-11-7-14-36(28(31)4)47-21-9-20-43-26(2)15-16-27(43)3/h6-7,11-14,22-23,26-27,29,37H,5,8-10,15-21,24-25H2,1-4H3,(H,44,45)/t26-,27-,29+,37+/m1/s1. The molecule has 0 saturated carbocycles. The van der Waals surface area contributed by atoms with Crippen molar-refractivity contribution in [3.8, 4) is 28.4 Å². The van der Waals surface area contributed by atoms with Gasteiger partial charge in [0.25, 0.3) is 0 Å². The monoisotopic (exact) mass is 674 g/mol. The van der Waals surface area contributed by atoms with Gasteiger partial charge in [-0.15, -0.1) is 0 Å². The van der Waals surface area contributed by atoms with Crippen molar-refractivity contribution in [1.29, 1.82) is 0 Å². The lowest BCUT2D eigenvalue weighted by atomic mass is 9.93. The Kier molecular flexibility index (Phi) is 11.2. The van der Waals surface area contributed by atoms with Crippen LogP contribution in [0.4, 0.5) is 0 Å². The number of carbonyl (C=O) groups is 1. The first kappa shape index (κ1) is 34.6. The molecule has 0 bridgehead atoms. The number of halogens is 1. The number of aliphatic carboxylic acids is 1. The van der Waals surface area contributed by atoms with Crippen molar-refractivity contribution in [3.63, 3.8) is 0 Å². The second-order valence-corrected chi connectivity index (χ2v) is 14.3. The highest BCUT2D eigenvalue weighted by atomic mass is 35.5. The Hall–Kier alpha value is -3.26. The number of carboxylic acid groups (broad SMARTS) is 1. The van der Waals surface area contributed by atoms with Crippen LogP contribution in [0, 0.1) is 12.8 Å². The summed E-state index contributed by atoms with van der Waals surface area (Å²) >= 11 is 6.86. The third-order valence-corrected chi connectivity index (χ3v) is 11.0. The summed E-state index contributed by atoms with van der Waals surface area (Å²) in [6.07, 6.45) is 6.86. The largest absolute Gasteiger partial charge is 0.493 e. The summed E-state index contributed by atoms with van der Waals surface area (Å²) in [7, 11) is 0. The first-order valence-electron chi connectivity index (χ1n) is 17.9. The summed E-state index contributed by atoms with van der Waals surface area (Å²) in [6, 6.07) is 18.1. The molecule has 3 aromatic rings. The minimum atomic E-state index is -0.726. The van der Waals surface area contributed by atoms with Gasteiger partial charge in [-0.25, -0.2) is 0 Å². The van der Waals surface area contributed by atoms with Crippen molar-refractivity contribution in [1.82, 2.24) is 9.80 Å². The Morgan fingerprint density at radius 3 is 2.50 bits per heavy atom. The molecule has 0 radical (unpaired) electrons. The highest BCUT2D eigenvalue weighted by Crippen LogP contribution is 2.44. The highest BCUT2D eigenvalue weighted by Gasteiger charge is 2.30. The van der Waals surface area contributed by atoms with E-state index in [-0.39, 0.29) is 12.0 Å². The van der Waals surface area contributed by atoms with Crippen LogP contribution in [0.25, 0.3) is 11.1 Å². The minimum Gasteiger partial charge on any atom is -0.493 e. The normalized spacial score (nSPS) is 22.9. The van der Waals surface area contributed by atoms with E-state index in [0.29, 0.717) is 49.2 Å². The van der Waals surface area contributed by atoms with E-state index >= 15 is 0 Å². The molecule has 6 rings (SSSR count). The number of ether oxygens (including phenoxy) is 3. The molecule has 3 aromatic carbocycles. The third kappa shape index (κ3) is 7.64. The zero-order valence-corrected chi connectivity index (χ0v) is 29.7. The molecule has 0 amide bonds. The van der Waals surface area contributed by atoms with Crippen molar-refractivity contribution in [2.45, 2.75) is 97.4 Å². The average Bonchev–Trinajstić information content (AvgIpc) is 3.63. The zero-order valence-electron chi connectivity index (χ0n) is 29.0. The molecule has 8 heteroatoms. The molecule has 48 heavy (non-hydrogen) atoms. The number of rotatable bonds is 13. The lowest BCUT2D eigenvalue weighted by Crippen LogP contribution is -2.38. The van der Waals surface area contributed by atoms with Gasteiger partial charge >= 0.3 is 5.97 Å². The number of benzene rings is 3. The molecule has 4 atom stereocenters. The number of carboxylic acids is 1. The maximum Gasteiger partial charge on any atom is 0.307 e. The van der Waals surface area contributed by atoms with Crippen molar-refractivity contribution < 1.29 is 24.1 Å². The van der Waals surface area contributed by atoms with E-state index in [1.165, 1.54) is 40.7 Å². The molecule has 3 aliphatic rings. The number of likely N-dealkylation sites (tertiary alicyclic amines) is 2. The van der Waals surface area contributed by atoms with Gasteiger partial charge in [0.15, 0.2) is 0 Å². The van der Waals surface area contributed by atoms with E-state index in [2.05, 4.69) is 67.0 Å². The molecule has 1 aliphatic carbocycles. The first-order valence-corrected chi connectivity index (χ1v) is 18.3. The summed E-state index contributed by atoms with van der Waals surface area (Å²) in [5.74, 6) is 1.24. The van der Waals surface area contributed by atoms with Crippen LogP contribution >= 0.6 is 11.6 Å². The molecule has 0 unspecified atom stereocenters. The van der Waals surface area contributed by atoms with Crippen LogP contribution in [-0.2, 0) is 17.8 Å². The van der Waals surface area contributed by atoms with Crippen molar-refractivity contribution in [2.75, 3.05) is 32.8 Å². The SMILES string of the molecule is CCOc1cc(O[C@H]2CCc3c(-c4cccc(OCCCN5[C@H](C)CC[C@H]5C)c4C)cccc32)c(Cl)cc1CN1CCC[C@H](C(=O)O)C1. The molecule has 1 N–H and O–H groups in total. The Morgan fingerprint density at radius 2 is 1.73 bits per heavy atom. The van der Waals surface area contributed by atoms with Crippen molar-refractivity contribution >= 4 is 17.6 Å².